The van der Waals surface area contributed by atoms with Crippen molar-refractivity contribution < 1.29 is 22.7 Å². The lowest BCUT2D eigenvalue weighted by Crippen LogP contribution is -2.11. The lowest BCUT2D eigenvalue weighted by molar-refractivity contribution is 0.0701. The molecular formula is C17H18N2O5S2. The number of aromatic nitrogens is 1. The summed E-state index contributed by atoms with van der Waals surface area (Å²) < 4.78 is 33.2. The van der Waals surface area contributed by atoms with Gasteiger partial charge in [-0.2, -0.15) is 0 Å². The van der Waals surface area contributed by atoms with E-state index < -0.39 is 16.0 Å². The first-order valence-electron chi connectivity index (χ1n) is 7.75. The third-order valence-electron chi connectivity index (χ3n) is 3.64. The second-order valence-corrected chi connectivity index (χ2v) is 9.90. The lowest BCUT2D eigenvalue weighted by atomic mass is 9.97. The Morgan fingerprint density at radius 1 is 1.27 bits per heavy atom. The summed E-state index contributed by atoms with van der Waals surface area (Å²) in [5.41, 5.74) is 1.58. The first-order valence-corrected chi connectivity index (χ1v) is 10.0. The topological polar surface area (TPSA) is 110 Å². The molecule has 2 aromatic heterocycles. The summed E-state index contributed by atoms with van der Waals surface area (Å²) in [6.07, 6.45) is 0. The number of fused-ring (bicyclic) bond motifs is 1. The summed E-state index contributed by atoms with van der Waals surface area (Å²) >= 11 is 0.721. The molecule has 0 unspecified atom stereocenters. The predicted molar refractivity (Wildman–Crippen MR) is 99.5 cm³/mol. The first kappa shape index (κ1) is 18.4. The molecule has 0 spiro atoms. The van der Waals surface area contributed by atoms with Crippen molar-refractivity contribution in [1.29, 1.82) is 0 Å². The van der Waals surface area contributed by atoms with Gasteiger partial charge in [0.25, 0.3) is 10.0 Å². The van der Waals surface area contributed by atoms with Crippen LogP contribution in [0.15, 0.2) is 32.9 Å². The average molecular weight is 394 g/mol. The number of nitrogens with zero attached hydrogens (tertiary/aromatic N) is 1. The summed E-state index contributed by atoms with van der Waals surface area (Å²) in [6, 6.07) is 6.17. The number of aryl methyl sites for hydroxylation is 1. The van der Waals surface area contributed by atoms with E-state index in [1.165, 1.54) is 6.07 Å². The van der Waals surface area contributed by atoms with E-state index in [1.807, 2.05) is 20.8 Å². The van der Waals surface area contributed by atoms with Gasteiger partial charge in [-0.15, -0.1) is 11.3 Å². The number of nitrogens with one attached hydrogen (secondary N) is 1. The largest absolute Gasteiger partial charge is 0.477 e. The highest BCUT2D eigenvalue weighted by molar-refractivity contribution is 7.94. The number of hydrogen-bond donors (Lipinski definition) is 2. The van der Waals surface area contributed by atoms with Crippen molar-refractivity contribution in [3.05, 3.63) is 40.6 Å². The number of anilines is 1. The minimum absolute atomic E-state index is 0.00662. The van der Waals surface area contributed by atoms with Gasteiger partial charge in [0.1, 0.15) is 14.6 Å². The Balaban J connectivity index is 1.94. The molecule has 0 aliphatic rings. The Labute approximate surface area is 154 Å². The van der Waals surface area contributed by atoms with Crippen LogP contribution in [0.4, 0.5) is 5.69 Å². The number of thiophene rings is 1. The summed E-state index contributed by atoms with van der Waals surface area (Å²) in [4.78, 5) is 15.5. The summed E-state index contributed by atoms with van der Waals surface area (Å²) in [5, 5.41) is 9.10. The molecule has 0 saturated heterocycles. The summed E-state index contributed by atoms with van der Waals surface area (Å²) in [5.74, 6) is -0.583. The number of benzene rings is 1. The molecule has 0 bridgehead atoms. The molecular weight excluding hydrogens is 376 g/mol. The predicted octanol–water partition coefficient (Wildman–Crippen LogP) is 3.99. The highest BCUT2D eigenvalue weighted by Crippen LogP contribution is 2.30. The molecule has 2 N–H and O–H groups in total. The lowest BCUT2D eigenvalue weighted by Gasteiger charge is -2.11. The van der Waals surface area contributed by atoms with Crippen molar-refractivity contribution >= 4 is 44.1 Å². The monoisotopic (exact) mass is 394 g/mol. The van der Waals surface area contributed by atoms with Gasteiger partial charge in [-0.25, -0.2) is 18.2 Å². The van der Waals surface area contributed by atoms with Gasteiger partial charge in [-0.05, 0) is 36.8 Å². The number of sulfonamides is 1. The van der Waals surface area contributed by atoms with Crippen LogP contribution in [0.2, 0.25) is 0 Å². The van der Waals surface area contributed by atoms with Crippen molar-refractivity contribution in [1.82, 2.24) is 4.98 Å². The van der Waals surface area contributed by atoms with E-state index in [1.54, 1.807) is 25.1 Å². The van der Waals surface area contributed by atoms with Crippen LogP contribution in [0.25, 0.3) is 11.1 Å². The van der Waals surface area contributed by atoms with Crippen LogP contribution >= 0.6 is 11.3 Å². The van der Waals surface area contributed by atoms with Crippen LogP contribution in [-0.2, 0) is 15.4 Å². The second-order valence-electron chi connectivity index (χ2n) is 6.94. The van der Waals surface area contributed by atoms with Crippen LogP contribution in [-0.4, -0.2) is 24.5 Å². The van der Waals surface area contributed by atoms with Gasteiger partial charge in [0.05, 0.1) is 5.69 Å². The molecule has 0 atom stereocenters. The van der Waals surface area contributed by atoms with Crippen molar-refractivity contribution in [2.75, 3.05) is 4.72 Å². The Hall–Kier alpha value is -2.39. The molecule has 7 nitrogen and oxygen atoms in total. The molecule has 3 aromatic rings. The molecule has 0 saturated carbocycles. The van der Waals surface area contributed by atoms with E-state index in [0.717, 1.165) is 11.3 Å². The molecule has 3 rings (SSSR count). The Kier molecular flexibility index (Phi) is 4.32. The molecule has 0 radical (unpaired) electrons. The Morgan fingerprint density at radius 3 is 2.54 bits per heavy atom. The van der Waals surface area contributed by atoms with Gasteiger partial charge in [0.15, 0.2) is 5.58 Å². The number of carbonyl (C=O) groups is 1. The van der Waals surface area contributed by atoms with E-state index >= 15 is 0 Å². The fourth-order valence-electron chi connectivity index (χ4n) is 2.31. The molecule has 0 amide bonds. The van der Waals surface area contributed by atoms with Gasteiger partial charge in [0, 0.05) is 5.41 Å². The molecule has 0 aliphatic heterocycles. The van der Waals surface area contributed by atoms with Crippen molar-refractivity contribution in [3.63, 3.8) is 0 Å². The van der Waals surface area contributed by atoms with Crippen LogP contribution in [0, 0.1) is 6.92 Å². The Morgan fingerprint density at radius 2 is 1.96 bits per heavy atom. The molecule has 2 heterocycles. The average Bonchev–Trinajstić information content (AvgIpc) is 3.09. The third kappa shape index (κ3) is 3.45. The van der Waals surface area contributed by atoms with E-state index in [-0.39, 0.29) is 14.5 Å². The summed E-state index contributed by atoms with van der Waals surface area (Å²) in [6.45, 7) is 7.48. The number of carboxylic acid groups (broad SMARTS) is 1. The normalized spacial score (nSPS) is 12.5. The molecule has 0 aliphatic carbocycles. The van der Waals surface area contributed by atoms with Crippen LogP contribution in [0.3, 0.4) is 0 Å². The minimum Gasteiger partial charge on any atom is -0.477 e. The van der Waals surface area contributed by atoms with Gasteiger partial charge in [-0.1, -0.05) is 20.8 Å². The van der Waals surface area contributed by atoms with E-state index in [4.69, 9.17) is 9.52 Å². The van der Waals surface area contributed by atoms with Crippen LogP contribution < -0.4 is 4.72 Å². The molecule has 9 heteroatoms. The zero-order valence-electron chi connectivity index (χ0n) is 14.7. The van der Waals surface area contributed by atoms with Gasteiger partial charge < -0.3 is 9.52 Å². The maximum Gasteiger partial charge on any atom is 0.346 e. The minimum atomic E-state index is -3.89. The smallest absolute Gasteiger partial charge is 0.346 e. The van der Waals surface area contributed by atoms with Gasteiger partial charge >= 0.3 is 5.97 Å². The number of oxazole rings is 1. The van der Waals surface area contributed by atoms with E-state index in [0.29, 0.717) is 28.2 Å². The molecule has 0 fully saturated rings. The van der Waals surface area contributed by atoms with Crippen molar-refractivity contribution in [3.8, 4) is 0 Å². The third-order valence-corrected chi connectivity index (χ3v) is 6.72. The molecule has 138 valence electrons. The highest BCUT2D eigenvalue weighted by Gasteiger charge is 2.23. The molecule has 1 aromatic carbocycles. The number of rotatable bonds is 4. The fraction of sp³-hybridized carbons (Fsp3) is 0.294. The van der Waals surface area contributed by atoms with Crippen LogP contribution in [0.1, 0.15) is 41.9 Å². The number of hydrogen-bond acceptors (Lipinski definition) is 6. The SMILES string of the molecule is Cc1cc(S(=O)(=O)Nc2ccc3oc(C(C)(C)C)nc3c2)sc1C(=O)O. The van der Waals surface area contributed by atoms with Crippen molar-refractivity contribution in [2.45, 2.75) is 37.3 Å². The molecule has 26 heavy (non-hydrogen) atoms. The maximum atomic E-state index is 12.6. The Bertz CT molecular complexity index is 1100. The maximum absolute atomic E-state index is 12.6. The zero-order chi connectivity index (χ0) is 19.3. The number of carboxylic acids is 1. The van der Waals surface area contributed by atoms with Gasteiger partial charge in [-0.3, -0.25) is 4.72 Å². The number of aromatic carboxylic acids is 1. The van der Waals surface area contributed by atoms with Crippen LogP contribution in [0.5, 0.6) is 0 Å². The zero-order valence-corrected chi connectivity index (χ0v) is 16.3. The first-order chi connectivity index (χ1) is 12.0. The standard InChI is InChI=1S/C17H18N2O5S2/c1-9-7-13(25-14(9)15(20)21)26(22,23)19-10-5-6-12-11(8-10)18-16(24-12)17(2,3)4/h5-8,19H,1-4H3,(H,20,21). The summed E-state index contributed by atoms with van der Waals surface area (Å²) in [7, 11) is -3.89. The fourth-order valence-corrected chi connectivity index (χ4v) is 4.74. The highest BCUT2D eigenvalue weighted by atomic mass is 32.2. The second kappa shape index (κ2) is 6.10. The van der Waals surface area contributed by atoms with E-state index in [2.05, 4.69) is 9.71 Å². The quantitative estimate of drug-likeness (QED) is 0.692. The van der Waals surface area contributed by atoms with E-state index in [9.17, 15) is 13.2 Å². The van der Waals surface area contributed by atoms with Crippen molar-refractivity contribution in [2.24, 2.45) is 0 Å². The van der Waals surface area contributed by atoms with Gasteiger partial charge in [0.2, 0.25) is 5.89 Å².